The molecule has 0 saturated carbocycles. The van der Waals surface area contributed by atoms with Gasteiger partial charge in [0.15, 0.2) is 11.5 Å². The second-order valence-corrected chi connectivity index (χ2v) is 5.91. The number of hydrogen-bond donors (Lipinski definition) is 1. The van der Waals surface area contributed by atoms with E-state index in [4.69, 9.17) is 15.2 Å². The number of hydrogen-bond acceptors (Lipinski definition) is 4. The van der Waals surface area contributed by atoms with Crippen LogP contribution in [0.3, 0.4) is 0 Å². The minimum Gasteiger partial charge on any atom is -0.454 e. The number of ether oxygens (including phenoxy) is 2. The van der Waals surface area contributed by atoms with Crippen LogP contribution in [-0.2, 0) is 16.0 Å². The Morgan fingerprint density at radius 2 is 1.92 bits per heavy atom. The molecule has 2 aliphatic rings. The summed E-state index contributed by atoms with van der Waals surface area (Å²) in [6, 6.07) is 12.2. The molecule has 1 unspecified atom stereocenters. The first-order valence-corrected chi connectivity index (χ1v) is 7.91. The van der Waals surface area contributed by atoms with Crippen LogP contribution in [0.15, 0.2) is 48.5 Å². The molecule has 126 valence electrons. The number of amides is 2. The summed E-state index contributed by atoms with van der Waals surface area (Å²) >= 11 is 0. The number of nitrogens with zero attached hydrogens (tertiary/aromatic N) is 1. The van der Waals surface area contributed by atoms with Crippen LogP contribution in [0.1, 0.15) is 11.1 Å². The topological polar surface area (TPSA) is 81.9 Å². The first-order valence-electron chi connectivity index (χ1n) is 7.91. The maximum atomic E-state index is 12.7. The number of carbonyl (C=O) groups is 2. The molecule has 2 aliphatic heterocycles. The Morgan fingerprint density at radius 1 is 1.12 bits per heavy atom. The predicted octanol–water partition coefficient (Wildman–Crippen LogP) is 1.87. The lowest BCUT2D eigenvalue weighted by atomic mass is 10.1. The third kappa shape index (κ3) is 2.71. The van der Waals surface area contributed by atoms with Gasteiger partial charge in [0.05, 0.1) is 0 Å². The Labute approximate surface area is 144 Å². The maximum Gasteiger partial charge on any atom is 0.251 e. The highest BCUT2D eigenvalue weighted by atomic mass is 16.7. The molecule has 2 aromatic carbocycles. The molecular formula is C19H16N2O4. The monoisotopic (exact) mass is 336 g/mol. The van der Waals surface area contributed by atoms with Gasteiger partial charge in [-0.25, -0.2) is 0 Å². The van der Waals surface area contributed by atoms with Crippen molar-refractivity contribution < 1.29 is 19.1 Å². The molecule has 0 spiro atoms. The second kappa shape index (κ2) is 5.98. The van der Waals surface area contributed by atoms with Gasteiger partial charge in [-0.05, 0) is 35.4 Å². The first-order chi connectivity index (χ1) is 12.1. The lowest BCUT2D eigenvalue weighted by Crippen LogP contribution is -2.45. The van der Waals surface area contributed by atoms with Gasteiger partial charge in [0.1, 0.15) is 6.04 Å². The molecule has 0 radical (unpaired) electrons. The standard InChI is InChI=1S/C19H16N2O4/c20-19(23)15-10-13-3-1-2-4-14(13)21(15)18(22)8-6-12-5-7-16-17(9-12)25-11-24-16/h1-9,15H,10-11H2,(H2,20,23). The zero-order valence-electron chi connectivity index (χ0n) is 13.3. The quantitative estimate of drug-likeness (QED) is 0.868. The zero-order chi connectivity index (χ0) is 17.4. The van der Waals surface area contributed by atoms with Crippen LogP contribution in [0.25, 0.3) is 6.08 Å². The molecule has 25 heavy (non-hydrogen) atoms. The van der Waals surface area contributed by atoms with Crippen LogP contribution >= 0.6 is 0 Å². The van der Waals surface area contributed by atoms with E-state index in [0.29, 0.717) is 17.9 Å². The molecule has 6 nitrogen and oxygen atoms in total. The van der Waals surface area contributed by atoms with E-state index in [1.807, 2.05) is 30.3 Å². The molecule has 0 saturated heterocycles. The van der Waals surface area contributed by atoms with Crippen LogP contribution in [-0.4, -0.2) is 24.6 Å². The van der Waals surface area contributed by atoms with Crippen LogP contribution in [0.4, 0.5) is 5.69 Å². The average Bonchev–Trinajstić information content (AvgIpc) is 3.23. The number of anilines is 1. The minimum atomic E-state index is -0.661. The molecule has 4 rings (SSSR count). The largest absolute Gasteiger partial charge is 0.454 e. The van der Waals surface area contributed by atoms with Crippen molar-refractivity contribution in [2.24, 2.45) is 5.73 Å². The number of primary amides is 1. The van der Waals surface area contributed by atoms with Crippen molar-refractivity contribution in [2.75, 3.05) is 11.7 Å². The van der Waals surface area contributed by atoms with E-state index >= 15 is 0 Å². The molecule has 6 heteroatoms. The van der Waals surface area contributed by atoms with Crippen molar-refractivity contribution in [3.8, 4) is 11.5 Å². The predicted molar refractivity (Wildman–Crippen MR) is 92.2 cm³/mol. The number of carbonyl (C=O) groups excluding carboxylic acids is 2. The van der Waals surface area contributed by atoms with Crippen LogP contribution in [0, 0.1) is 0 Å². The Bertz CT molecular complexity index is 891. The van der Waals surface area contributed by atoms with Crippen molar-refractivity contribution in [3.63, 3.8) is 0 Å². The summed E-state index contributed by atoms with van der Waals surface area (Å²) < 4.78 is 10.6. The van der Waals surface area contributed by atoms with E-state index in [-0.39, 0.29) is 12.7 Å². The lowest BCUT2D eigenvalue weighted by Gasteiger charge is -2.21. The maximum absolute atomic E-state index is 12.7. The number of benzene rings is 2. The molecule has 0 bridgehead atoms. The van der Waals surface area contributed by atoms with Crippen LogP contribution in [0.2, 0.25) is 0 Å². The molecule has 2 aromatic rings. The fourth-order valence-electron chi connectivity index (χ4n) is 3.15. The van der Waals surface area contributed by atoms with E-state index in [2.05, 4.69) is 0 Å². The molecule has 0 aromatic heterocycles. The number of fused-ring (bicyclic) bond motifs is 2. The van der Waals surface area contributed by atoms with Crippen molar-refractivity contribution >= 4 is 23.6 Å². The van der Waals surface area contributed by atoms with E-state index in [1.54, 1.807) is 18.2 Å². The SMILES string of the molecule is NC(=O)C1Cc2ccccc2N1C(=O)C=Cc1ccc2c(c1)OCO2. The van der Waals surface area contributed by atoms with Gasteiger partial charge in [0.25, 0.3) is 5.91 Å². The average molecular weight is 336 g/mol. The second-order valence-electron chi connectivity index (χ2n) is 5.91. The Kier molecular flexibility index (Phi) is 3.65. The summed E-state index contributed by atoms with van der Waals surface area (Å²) in [7, 11) is 0. The van der Waals surface area contributed by atoms with Gasteiger partial charge in [0.2, 0.25) is 12.7 Å². The fraction of sp³-hybridized carbons (Fsp3) is 0.158. The zero-order valence-corrected chi connectivity index (χ0v) is 13.3. The smallest absolute Gasteiger partial charge is 0.251 e. The number of para-hydroxylation sites is 1. The van der Waals surface area contributed by atoms with E-state index in [9.17, 15) is 9.59 Å². The normalized spacial score (nSPS) is 17.8. The van der Waals surface area contributed by atoms with Gasteiger partial charge >= 0.3 is 0 Å². The number of nitrogens with two attached hydrogens (primary N) is 1. The number of rotatable bonds is 3. The van der Waals surface area contributed by atoms with Crippen molar-refractivity contribution in [1.82, 2.24) is 0 Å². The highest BCUT2D eigenvalue weighted by Gasteiger charge is 2.36. The molecule has 0 fully saturated rings. The summed E-state index contributed by atoms with van der Waals surface area (Å²) in [6.45, 7) is 0.201. The van der Waals surface area contributed by atoms with E-state index < -0.39 is 11.9 Å². The van der Waals surface area contributed by atoms with E-state index in [1.165, 1.54) is 11.0 Å². The fourth-order valence-corrected chi connectivity index (χ4v) is 3.15. The Balaban J connectivity index is 1.60. The summed E-state index contributed by atoms with van der Waals surface area (Å²) in [5, 5.41) is 0. The van der Waals surface area contributed by atoms with Gasteiger partial charge in [0, 0.05) is 18.2 Å². The van der Waals surface area contributed by atoms with Gasteiger partial charge in [-0.1, -0.05) is 24.3 Å². The first kappa shape index (κ1) is 15.3. The third-order valence-corrected chi connectivity index (χ3v) is 4.36. The van der Waals surface area contributed by atoms with Gasteiger partial charge < -0.3 is 15.2 Å². The van der Waals surface area contributed by atoms with Crippen molar-refractivity contribution in [2.45, 2.75) is 12.5 Å². The molecular weight excluding hydrogens is 320 g/mol. The summed E-state index contributed by atoms with van der Waals surface area (Å²) in [6.07, 6.45) is 3.56. The molecule has 2 N–H and O–H groups in total. The van der Waals surface area contributed by atoms with Crippen LogP contribution in [0.5, 0.6) is 11.5 Å². The lowest BCUT2D eigenvalue weighted by molar-refractivity contribution is -0.122. The van der Waals surface area contributed by atoms with E-state index in [0.717, 1.165) is 16.8 Å². The Morgan fingerprint density at radius 3 is 2.76 bits per heavy atom. The summed E-state index contributed by atoms with van der Waals surface area (Å²) in [5.74, 6) is 0.536. The van der Waals surface area contributed by atoms with Crippen molar-refractivity contribution in [1.29, 1.82) is 0 Å². The van der Waals surface area contributed by atoms with Gasteiger partial charge in [-0.15, -0.1) is 0 Å². The third-order valence-electron chi connectivity index (χ3n) is 4.36. The molecule has 1 atom stereocenters. The molecule has 2 amide bonds. The van der Waals surface area contributed by atoms with Crippen LogP contribution < -0.4 is 20.1 Å². The van der Waals surface area contributed by atoms with Gasteiger partial charge in [-0.2, -0.15) is 0 Å². The minimum absolute atomic E-state index is 0.201. The molecule has 0 aliphatic carbocycles. The summed E-state index contributed by atoms with van der Waals surface area (Å²) in [4.78, 5) is 25.9. The highest BCUT2D eigenvalue weighted by molar-refractivity contribution is 6.09. The van der Waals surface area contributed by atoms with Gasteiger partial charge in [-0.3, -0.25) is 14.5 Å². The Hall–Kier alpha value is -3.28. The van der Waals surface area contributed by atoms with Crippen molar-refractivity contribution in [3.05, 3.63) is 59.7 Å². The highest BCUT2D eigenvalue weighted by Crippen LogP contribution is 2.34. The molecule has 2 heterocycles. The summed E-state index contributed by atoms with van der Waals surface area (Å²) in [5.41, 5.74) is 7.96.